The molecule has 3 unspecified atom stereocenters. The summed E-state index contributed by atoms with van der Waals surface area (Å²) in [6, 6.07) is 8.93. The van der Waals surface area contributed by atoms with E-state index in [0.29, 0.717) is 41.4 Å². The molecule has 9 heteroatoms. The van der Waals surface area contributed by atoms with Crippen molar-refractivity contribution in [1.82, 2.24) is 15.1 Å². The highest BCUT2D eigenvalue weighted by Gasteiger charge is 2.35. The summed E-state index contributed by atoms with van der Waals surface area (Å²) in [5.41, 5.74) is 0.577. The molecule has 2 heterocycles. The molecular weight excluding hydrogens is 404 g/mol. The third kappa shape index (κ3) is 6.55. The van der Waals surface area contributed by atoms with Crippen molar-refractivity contribution in [2.24, 2.45) is 11.8 Å². The topological polar surface area (TPSA) is 109 Å². The fourth-order valence-electron chi connectivity index (χ4n) is 4.26. The van der Waals surface area contributed by atoms with Crippen molar-refractivity contribution in [1.29, 1.82) is 5.26 Å². The number of rotatable bonds is 8. The number of β-amino-alcohol motifs (C(OH)–C–C–N with tert-alkyl or cyclic N) is 1. The third-order valence-corrected chi connectivity index (χ3v) is 5.86. The van der Waals surface area contributed by atoms with Gasteiger partial charge < -0.3 is 25.2 Å². The van der Waals surface area contributed by atoms with Crippen LogP contribution in [0.4, 0.5) is 0 Å². The van der Waals surface area contributed by atoms with Crippen LogP contribution in [-0.4, -0.2) is 83.1 Å². The van der Waals surface area contributed by atoms with Crippen LogP contribution in [0.15, 0.2) is 24.3 Å². The summed E-state index contributed by atoms with van der Waals surface area (Å²) in [7, 11) is 0. The van der Waals surface area contributed by atoms with Gasteiger partial charge in [-0.1, -0.05) is 0 Å². The van der Waals surface area contributed by atoms with Crippen LogP contribution in [0.5, 0.6) is 5.75 Å². The Balaban J connectivity index is 1.40. The van der Waals surface area contributed by atoms with Crippen molar-refractivity contribution >= 4 is 23.3 Å². The van der Waals surface area contributed by atoms with Crippen molar-refractivity contribution in [2.75, 3.05) is 45.9 Å². The Kier molecular flexibility index (Phi) is 7.85. The first-order valence-electron chi connectivity index (χ1n) is 10.2. The van der Waals surface area contributed by atoms with E-state index in [-0.39, 0.29) is 13.0 Å². The Labute approximate surface area is 182 Å². The maximum atomic E-state index is 10.7. The van der Waals surface area contributed by atoms with Gasteiger partial charge in [0.15, 0.2) is 5.11 Å². The van der Waals surface area contributed by atoms with Crippen molar-refractivity contribution in [3.05, 3.63) is 29.8 Å². The molecule has 30 heavy (non-hydrogen) atoms. The maximum Gasteiger partial charge on any atom is 0.305 e. The van der Waals surface area contributed by atoms with Crippen molar-refractivity contribution in [3.63, 3.8) is 0 Å². The lowest BCUT2D eigenvalue weighted by Gasteiger charge is -2.47. The number of fused-ring (bicyclic) bond motifs is 2. The lowest BCUT2D eigenvalue weighted by molar-refractivity contribution is -0.136. The number of thiocarbonyl (C=S) groups is 1. The standard InChI is InChI=1S/C21H28N4O4S/c22-8-15-1-3-19(4-2-15)29-14-18(26)13-24-9-16-7-17(10-24)12-25(11-16)21(30)23-6-5-20(27)28/h1-4,16-18,26H,5-7,9-14H2,(H,23,30)(H,27,28). The molecule has 0 radical (unpaired) electrons. The number of carboxylic acids is 1. The van der Waals surface area contributed by atoms with Gasteiger partial charge in [-0.2, -0.15) is 5.26 Å². The minimum absolute atomic E-state index is 0.0526. The van der Waals surface area contributed by atoms with E-state index < -0.39 is 12.1 Å². The number of aliphatic carboxylic acids is 1. The van der Waals surface area contributed by atoms with Gasteiger partial charge in [0.25, 0.3) is 0 Å². The van der Waals surface area contributed by atoms with Gasteiger partial charge in [-0.05, 0) is 54.7 Å². The van der Waals surface area contributed by atoms with Gasteiger partial charge in [0.1, 0.15) is 18.5 Å². The lowest BCUT2D eigenvalue weighted by atomic mass is 9.84. The number of hydrogen-bond acceptors (Lipinski definition) is 6. The molecule has 3 atom stereocenters. The quantitative estimate of drug-likeness (QED) is 0.516. The average Bonchev–Trinajstić information content (AvgIpc) is 2.71. The van der Waals surface area contributed by atoms with Gasteiger partial charge >= 0.3 is 5.97 Å². The molecule has 1 aromatic carbocycles. The highest BCUT2D eigenvalue weighted by molar-refractivity contribution is 7.80. The zero-order chi connectivity index (χ0) is 21.5. The fourth-order valence-corrected chi connectivity index (χ4v) is 4.51. The molecule has 2 aliphatic heterocycles. The zero-order valence-electron chi connectivity index (χ0n) is 16.9. The molecule has 2 aliphatic rings. The van der Waals surface area contributed by atoms with E-state index in [4.69, 9.17) is 27.3 Å². The molecule has 0 aliphatic carbocycles. The first-order chi connectivity index (χ1) is 14.4. The van der Waals surface area contributed by atoms with Crippen LogP contribution < -0.4 is 10.1 Å². The van der Waals surface area contributed by atoms with E-state index >= 15 is 0 Å². The van der Waals surface area contributed by atoms with Gasteiger partial charge in [-0.25, -0.2) is 0 Å². The first-order valence-corrected chi connectivity index (χ1v) is 10.6. The number of carbonyl (C=O) groups is 1. The van der Waals surface area contributed by atoms with Crippen molar-refractivity contribution in [3.8, 4) is 11.8 Å². The summed E-state index contributed by atoms with van der Waals surface area (Å²) in [6.45, 7) is 4.62. The minimum Gasteiger partial charge on any atom is -0.491 e. The average molecular weight is 433 g/mol. The Bertz CT molecular complexity index is 768. The van der Waals surface area contributed by atoms with E-state index in [9.17, 15) is 9.90 Å². The molecule has 3 N–H and O–H groups in total. The van der Waals surface area contributed by atoms with E-state index in [2.05, 4.69) is 21.2 Å². The normalized spacial score (nSPS) is 22.1. The van der Waals surface area contributed by atoms with Gasteiger partial charge in [0.05, 0.1) is 18.1 Å². The SMILES string of the molecule is N#Cc1ccc(OCC(O)CN2CC3CC(C2)CN(C(=S)NCCC(=O)O)C3)cc1. The van der Waals surface area contributed by atoms with Gasteiger partial charge in [0.2, 0.25) is 0 Å². The van der Waals surface area contributed by atoms with Crippen LogP contribution in [0.3, 0.4) is 0 Å². The molecule has 8 nitrogen and oxygen atoms in total. The van der Waals surface area contributed by atoms with E-state index in [0.717, 1.165) is 32.6 Å². The first kappa shape index (κ1) is 22.3. The summed E-state index contributed by atoms with van der Waals surface area (Å²) >= 11 is 5.43. The summed E-state index contributed by atoms with van der Waals surface area (Å²) in [5.74, 6) is 0.757. The van der Waals surface area contributed by atoms with Gasteiger partial charge in [0, 0.05) is 39.3 Å². The van der Waals surface area contributed by atoms with Gasteiger partial charge in [-0.15, -0.1) is 0 Å². The lowest BCUT2D eigenvalue weighted by Crippen LogP contribution is -2.57. The molecule has 2 fully saturated rings. The molecular formula is C21H28N4O4S. The van der Waals surface area contributed by atoms with Crippen LogP contribution >= 0.6 is 12.2 Å². The minimum atomic E-state index is -0.835. The molecule has 0 amide bonds. The van der Waals surface area contributed by atoms with Crippen LogP contribution in [-0.2, 0) is 4.79 Å². The molecule has 0 saturated carbocycles. The Morgan fingerprint density at radius 1 is 1.27 bits per heavy atom. The number of carboxylic acid groups (broad SMARTS) is 1. The Hall–Kier alpha value is -2.41. The summed E-state index contributed by atoms with van der Waals surface area (Å²) in [4.78, 5) is 15.1. The van der Waals surface area contributed by atoms with E-state index in [1.54, 1.807) is 24.3 Å². The van der Waals surface area contributed by atoms with Crippen LogP contribution in [0.1, 0.15) is 18.4 Å². The smallest absolute Gasteiger partial charge is 0.305 e. The Morgan fingerprint density at radius 2 is 1.93 bits per heavy atom. The highest BCUT2D eigenvalue weighted by Crippen LogP contribution is 2.28. The molecule has 0 aromatic heterocycles. The van der Waals surface area contributed by atoms with Crippen LogP contribution in [0.2, 0.25) is 0 Å². The number of piperidine rings is 2. The fraction of sp³-hybridized carbons (Fsp3) is 0.571. The second-order valence-electron chi connectivity index (χ2n) is 8.07. The van der Waals surface area contributed by atoms with Crippen LogP contribution in [0.25, 0.3) is 0 Å². The number of aliphatic hydroxyl groups is 1. The number of hydrogen-bond donors (Lipinski definition) is 3. The molecule has 3 rings (SSSR count). The highest BCUT2D eigenvalue weighted by atomic mass is 32.1. The number of nitrogens with zero attached hydrogens (tertiary/aromatic N) is 3. The second-order valence-corrected chi connectivity index (χ2v) is 8.45. The molecule has 0 spiro atoms. The molecule has 162 valence electrons. The number of nitrogens with one attached hydrogen (secondary N) is 1. The molecule has 2 bridgehead atoms. The molecule has 2 saturated heterocycles. The zero-order valence-corrected chi connectivity index (χ0v) is 17.7. The van der Waals surface area contributed by atoms with Crippen LogP contribution in [0, 0.1) is 23.2 Å². The van der Waals surface area contributed by atoms with E-state index in [1.807, 2.05) is 0 Å². The third-order valence-electron chi connectivity index (χ3n) is 5.45. The van der Waals surface area contributed by atoms with Crippen molar-refractivity contribution in [2.45, 2.75) is 18.9 Å². The maximum absolute atomic E-state index is 10.7. The summed E-state index contributed by atoms with van der Waals surface area (Å²) in [5, 5.41) is 31.7. The van der Waals surface area contributed by atoms with Crippen molar-refractivity contribution < 1.29 is 19.7 Å². The number of benzene rings is 1. The second kappa shape index (κ2) is 10.6. The number of nitriles is 1. The summed E-state index contributed by atoms with van der Waals surface area (Å²) in [6.07, 6.45) is 0.619. The summed E-state index contributed by atoms with van der Waals surface area (Å²) < 4.78 is 5.64. The monoisotopic (exact) mass is 432 g/mol. The number of aliphatic hydroxyl groups excluding tert-OH is 1. The van der Waals surface area contributed by atoms with Gasteiger partial charge in [-0.3, -0.25) is 9.69 Å². The predicted molar refractivity (Wildman–Crippen MR) is 115 cm³/mol. The Morgan fingerprint density at radius 3 is 2.53 bits per heavy atom. The number of ether oxygens (including phenoxy) is 1. The number of likely N-dealkylation sites (tertiary alicyclic amines) is 2. The van der Waals surface area contributed by atoms with E-state index in [1.165, 1.54) is 0 Å². The predicted octanol–water partition coefficient (Wildman–Crippen LogP) is 0.901. The molecule has 1 aromatic rings. The largest absolute Gasteiger partial charge is 0.491 e.